The standard InChI is InChI=1S/C15H18N2O3S/c1-15(2,3)20-14(18)17-8-10(9-17)19-13-16-11-6-4-5-7-12(11)21-13/h4-7,10H,8-9H2,1-3H3. The number of rotatable bonds is 2. The predicted molar refractivity (Wildman–Crippen MR) is 81.8 cm³/mol. The van der Waals surface area contributed by atoms with Gasteiger partial charge in [0.1, 0.15) is 11.7 Å². The van der Waals surface area contributed by atoms with Crippen LogP contribution < -0.4 is 4.74 Å². The number of ether oxygens (including phenoxy) is 2. The van der Waals surface area contributed by atoms with Crippen LogP contribution in [-0.4, -0.2) is 40.8 Å². The monoisotopic (exact) mass is 306 g/mol. The minimum absolute atomic E-state index is 0.00178. The molecular formula is C15H18N2O3S. The molecule has 1 aromatic heterocycles. The number of aromatic nitrogens is 1. The molecule has 1 saturated heterocycles. The van der Waals surface area contributed by atoms with Gasteiger partial charge < -0.3 is 14.4 Å². The van der Waals surface area contributed by atoms with Crippen LogP contribution in [0.5, 0.6) is 5.19 Å². The Kier molecular flexibility index (Phi) is 3.49. The minimum atomic E-state index is -0.462. The number of likely N-dealkylation sites (tertiary alicyclic amines) is 1. The van der Waals surface area contributed by atoms with Gasteiger partial charge in [0.25, 0.3) is 5.19 Å². The number of amides is 1. The molecule has 1 amide bonds. The molecule has 1 aliphatic heterocycles. The van der Waals surface area contributed by atoms with Crippen molar-refractivity contribution in [2.45, 2.75) is 32.5 Å². The summed E-state index contributed by atoms with van der Waals surface area (Å²) < 4.78 is 12.2. The molecule has 2 aromatic rings. The minimum Gasteiger partial charge on any atom is -0.463 e. The lowest BCUT2D eigenvalue weighted by Gasteiger charge is -2.38. The molecule has 1 fully saturated rings. The van der Waals surface area contributed by atoms with Crippen LogP contribution in [0.3, 0.4) is 0 Å². The Morgan fingerprint density at radius 2 is 2.05 bits per heavy atom. The third-order valence-electron chi connectivity index (χ3n) is 3.04. The zero-order chi connectivity index (χ0) is 15.0. The molecule has 0 radical (unpaired) electrons. The van der Waals surface area contributed by atoms with Crippen molar-refractivity contribution in [3.05, 3.63) is 24.3 Å². The maximum atomic E-state index is 11.8. The number of thiazole rings is 1. The SMILES string of the molecule is CC(C)(C)OC(=O)N1CC(Oc2nc3ccccc3s2)C1. The fraction of sp³-hybridized carbons (Fsp3) is 0.467. The Morgan fingerprint density at radius 1 is 1.33 bits per heavy atom. The van der Waals surface area contributed by atoms with E-state index in [1.165, 1.54) is 11.3 Å². The van der Waals surface area contributed by atoms with Gasteiger partial charge in [-0.3, -0.25) is 0 Å². The Balaban J connectivity index is 1.54. The molecule has 5 nitrogen and oxygen atoms in total. The first-order valence-corrected chi connectivity index (χ1v) is 7.72. The summed E-state index contributed by atoms with van der Waals surface area (Å²) in [6, 6.07) is 7.93. The van der Waals surface area contributed by atoms with Crippen LogP contribution in [0.25, 0.3) is 10.2 Å². The van der Waals surface area contributed by atoms with Gasteiger partial charge >= 0.3 is 6.09 Å². The first-order valence-electron chi connectivity index (χ1n) is 6.91. The maximum Gasteiger partial charge on any atom is 0.410 e. The van der Waals surface area contributed by atoms with E-state index in [0.29, 0.717) is 18.3 Å². The lowest BCUT2D eigenvalue weighted by molar-refractivity contribution is -0.0221. The second-order valence-electron chi connectivity index (χ2n) is 6.07. The van der Waals surface area contributed by atoms with E-state index in [0.717, 1.165) is 10.2 Å². The number of fused-ring (bicyclic) bond motifs is 1. The van der Waals surface area contributed by atoms with Gasteiger partial charge in [-0.05, 0) is 32.9 Å². The van der Waals surface area contributed by atoms with Crippen molar-refractivity contribution in [1.82, 2.24) is 9.88 Å². The molecule has 0 bridgehead atoms. The Hall–Kier alpha value is -1.82. The van der Waals surface area contributed by atoms with E-state index in [-0.39, 0.29) is 12.2 Å². The number of benzene rings is 1. The lowest BCUT2D eigenvalue weighted by Crippen LogP contribution is -2.57. The van der Waals surface area contributed by atoms with Crippen molar-refractivity contribution in [3.8, 4) is 5.19 Å². The molecule has 0 saturated carbocycles. The Labute approximate surface area is 127 Å². The van der Waals surface area contributed by atoms with E-state index in [1.54, 1.807) is 4.90 Å². The van der Waals surface area contributed by atoms with E-state index in [9.17, 15) is 4.79 Å². The van der Waals surface area contributed by atoms with Crippen LogP contribution >= 0.6 is 11.3 Å². The number of carbonyl (C=O) groups is 1. The number of nitrogens with zero attached hydrogens (tertiary/aromatic N) is 2. The Morgan fingerprint density at radius 3 is 2.71 bits per heavy atom. The third kappa shape index (κ3) is 3.26. The van der Waals surface area contributed by atoms with Crippen LogP contribution in [-0.2, 0) is 4.74 Å². The van der Waals surface area contributed by atoms with Crippen molar-refractivity contribution in [1.29, 1.82) is 0 Å². The first kappa shape index (κ1) is 14.1. The van der Waals surface area contributed by atoms with Gasteiger partial charge in [0.2, 0.25) is 0 Å². The summed E-state index contributed by atoms with van der Waals surface area (Å²) in [7, 11) is 0. The molecule has 0 spiro atoms. The summed E-state index contributed by atoms with van der Waals surface area (Å²) in [5, 5.41) is 0.657. The lowest BCUT2D eigenvalue weighted by atomic mass is 10.2. The molecule has 6 heteroatoms. The van der Waals surface area contributed by atoms with Crippen LogP contribution in [0.15, 0.2) is 24.3 Å². The highest BCUT2D eigenvalue weighted by Crippen LogP contribution is 2.29. The summed E-state index contributed by atoms with van der Waals surface area (Å²) in [6.45, 7) is 6.68. The van der Waals surface area contributed by atoms with Gasteiger partial charge in [-0.2, -0.15) is 0 Å². The average molecular weight is 306 g/mol. The Bertz CT molecular complexity index is 623. The molecule has 2 heterocycles. The highest BCUT2D eigenvalue weighted by Gasteiger charge is 2.35. The topological polar surface area (TPSA) is 51.7 Å². The van der Waals surface area contributed by atoms with Crippen molar-refractivity contribution < 1.29 is 14.3 Å². The largest absolute Gasteiger partial charge is 0.463 e. The predicted octanol–water partition coefficient (Wildman–Crippen LogP) is 3.29. The van der Waals surface area contributed by atoms with Crippen LogP contribution in [0.1, 0.15) is 20.8 Å². The number of carbonyl (C=O) groups excluding carboxylic acids is 1. The molecule has 0 aliphatic carbocycles. The fourth-order valence-electron chi connectivity index (χ4n) is 2.03. The quantitative estimate of drug-likeness (QED) is 0.854. The van der Waals surface area contributed by atoms with Gasteiger partial charge in [0, 0.05) is 0 Å². The second-order valence-corrected chi connectivity index (χ2v) is 7.07. The van der Waals surface area contributed by atoms with Crippen molar-refractivity contribution >= 4 is 27.6 Å². The molecule has 1 aliphatic rings. The second kappa shape index (κ2) is 5.18. The van der Waals surface area contributed by atoms with Gasteiger partial charge in [-0.15, -0.1) is 0 Å². The number of para-hydroxylation sites is 1. The normalized spacial score (nSPS) is 15.9. The third-order valence-corrected chi connectivity index (χ3v) is 3.97. The molecule has 0 N–H and O–H groups in total. The highest BCUT2D eigenvalue weighted by atomic mass is 32.1. The van der Waals surface area contributed by atoms with E-state index < -0.39 is 5.60 Å². The summed E-state index contributed by atoms with van der Waals surface area (Å²) >= 11 is 1.53. The summed E-state index contributed by atoms with van der Waals surface area (Å²) in [5.41, 5.74) is 0.483. The van der Waals surface area contributed by atoms with Crippen molar-refractivity contribution in [3.63, 3.8) is 0 Å². The average Bonchev–Trinajstić information content (AvgIpc) is 2.73. The zero-order valence-corrected chi connectivity index (χ0v) is 13.1. The molecule has 3 rings (SSSR count). The van der Waals surface area contributed by atoms with Gasteiger partial charge in [-0.1, -0.05) is 23.5 Å². The fourth-order valence-corrected chi connectivity index (χ4v) is 2.91. The highest BCUT2D eigenvalue weighted by molar-refractivity contribution is 7.20. The van der Waals surface area contributed by atoms with Gasteiger partial charge in [0.05, 0.1) is 23.3 Å². The van der Waals surface area contributed by atoms with E-state index in [2.05, 4.69) is 4.98 Å². The zero-order valence-electron chi connectivity index (χ0n) is 12.3. The molecule has 0 unspecified atom stereocenters. The number of hydrogen-bond donors (Lipinski definition) is 0. The van der Waals surface area contributed by atoms with E-state index >= 15 is 0 Å². The van der Waals surface area contributed by atoms with E-state index in [4.69, 9.17) is 9.47 Å². The summed E-state index contributed by atoms with van der Waals surface area (Å²) in [5.74, 6) is 0. The summed E-state index contributed by atoms with van der Waals surface area (Å²) in [4.78, 5) is 17.9. The summed E-state index contributed by atoms with van der Waals surface area (Å²) in [6.07, 6.45) is -0.287. The first-order chi connectivity index (χ1) is 9.90. The van der Waals surface area contributed by atoms with Crippen LogP contribution in [0.4, 0.5) is 4.79 Å². The van der Waals surface area contributed by atoms with Crippen molar-refractivity contribution in [2.75, 3.05) is 13.1 Å². The molecule has 112 valence electrons. The molecule has 0 atom stereocenters. The van der Waals surface area contributed by atoms with Crippen LogP contribution in [0.2, 0.25) is 0 Å². The maximum absolute atomic E-state index is 11.8. The molecule has 1 aromatic carbocycles. The number of hydrogen-bond acceptors (Lipinski definition) is 5. The molecule has 21 heavy (non-hydrogen) atoms. The van der Waals surface area contributed by atoms with Gasteiger partial charge in [0.15, 0.2) is 0 Å². The van der Waals surface area contributed by atoms with Crippen molar-refractivity contribution in [2.24, 2.45) is 0 Å². The van der Waals surface area contributed by atoms with Crippen LogP contribution in [0, 0.1) is 0 Å². The smallest absolute Gasteiger partial charge is 0.410 e. The van der Waals surface area contributed by atoms with Gasteiger partial charge in [-0.25, -0.2) is 9.78 Å². The van der Waals surface area contributed by atoms with E-state index in [1.807, 2.05) is 45.0 Å². The molecular weight excluding hydrogens is 288 g/mol.